The van der Waals surface area contributed by atoms with E-state index < -0.39 is 9.84 Å². The van der Waals surface area contributed by atoms with Crippen LogP contribution in [0, 0.1) is 0 Å². The van der Waals surface area contributed by atoms with E-state index in [9.17, 15) is 13.2 Å². The maximum absolute atomic E-state index is 12.0. The molecule has 2 rings (SSSR count). The molecule has 2 aromatic rings. The van der Waals surface area contributed by atoms with Gasteiger partial charge in [-0.2, -0.15) is 0 Å². The third-order valence-electron chi connectivity index (χ3n) is 3.51. The van der Waals surface area contributed by atoms with E-state index in [1.54, 1.807) is 31.2 Å². The Hall–Kier alpha value is -2.25. The average molecular weight is 397 g/mol. The van der Waals surface area contributed by atoms with Gasteiger partial charge < -0.3 is 15.4 Å². The number of halogens is 1. The fourth-order valence-corrected chi connectivity index (χ4v) is 3.24. The smallest absolute Gasteiger partial charge is 0.239 e. The number of hydrogen-bond donors (Lipinski definition) is 2. The third-order valence-corrected chi connectivity index (χ3v) is 4.88. The molecule has 0 atom stereocenters. The predicted octanol–water partition coefficient (Wildman–Crippen LogP) is 2.87. The predicted molar refractivity (Wildman–Crippen MR) is 103 cm³/mol. The Morgan fingerprint density at radius 1 is 1.15 bits per heavy atom. The number of carbonyl (C=O) groups excluding carboxylic acids is 1. The van der Waals surface area contributed by atoms with Crippen LogP contribution in [0.3, 0.4) is 0 Å². The summed E-state index contributed by atoms with van der Waals surface area (Å²) in [6, 6.07) is 11.9. The van der Waals surface area contributed by atoms with E-state index in [0.29, 0.717) is 23.9 Å². The molecule has 6 nitrogen and oxygen atoms in total. The standard InChI is InChI=1S/C18H21ClN2O4S/c1-3-25-18-15(5-4-6-16(18)26(2,23)24)20-12-17(22)21-11-13-7-9-14(19)10-8-13/h4-10,20H,3,11-12H2,1-2H3,(H,21,22). The topological polar surface area (TPSA) is 84.5 Å². The molecule has 26 heavy (non-hydrogen) atoms. The van der Waals surface area contributed by atoms with Crippen molar-refractivity contribution in [2.75, 3.05) is 24.7 Å². The number of benzene rings is 2. The molecule has 0 saturated heterocycles. The lowest BCUT2D eigenvalue weighted by Crippen LogP contribution is -2.29. The molecule has 0 aliphatic rings. The summed E-state index contributed by atoms with van der Waals surface area (Å²) < 4.78 is 29.3. The van der Waals surface area contributed by atoms with Gasteiger partial charge in [-0.1, -0.05) is 29.8 Å². The number of amides is 1. The normalized spacial score (nSPS) is 11.0. The van der Waals surface area contributed by atoms with E-state index in [4.69, 9.17) is 16.3 Å². The number of ether oxygens (including phenoxy) is 1. The minimum atomic E-state index is -3.44. The summed E-state index contributed by atoms with van der Waals surface area (Å²) in [5.74, 6) is -0.00448. The van der Waals surface area contributed by atoms with E-state index >= 15 is 0 Å². The maximum Gasteiger partial charge on any atom is 0.239 e. The molecule has 0 radical (unpaired) electrons. The van der Waals surface area contributed by atoms with Crippen LogP contribution in [0.4, 0.5) is 5.69 Å². The highest BCUT2D eigenvalue weighted by Gasteiger charge is 2.18. The lowest BCUT2D eigenvalue weighted by atomic mass is 10.2. The lowest BCUT2D eigenvalue weighted by Gasteiger charge is -2.15. The van der Waals surface area contributed by atoms with Crippen LogP contribution in [0.25, 0.3) is 0 Å². The van der Waals surface area contributed by atoms with E-state index in [1.165, 1.54) is 6.07 Å². The van der Waals surface area contributed by atoms with Gasteiger partial charge in [-0.15, -0.1) is 0 Å². The molecule has 2 aromatic carbocycles. The van der Waals surface area contributed by atoms with Crippen LogP contribution in [0.15, 0.2) is 47.4 Å². The van der Waals surface area contributed by atoms with Crippen molar-refractivity contribution in [1.29, 1.82) is 0 Å². The Kier molecular flexibility index (Phi) is 6.88. The first-order valence-corrected chi connectivity index (χ1v) is 10.3. The number of hydrogen-bond acceptors (Lipinski definition) is 5. The van der Waals surface area contributed by atoms with Crippen molar-refractivity contribution in [2.45, 2.75) is 18.4 Å². The van der Waals surface area contributed by atoms with Gasteiger partial charge in [-0.3, -0.25) is 4.79 Å². The van der Waals surface area contributed by atoms with E-state index in [2.05, 4.69) is 10.6 Å². The fourth-order valence-electron chi connectivity index (χ4n) is 2.28. The molecule has 1 amide bonds. The average Bonchev–Trinajstić information content (AvgIpc) is 2.59. The monoisotopic (exact) mass is 396 g/mol. The summed E-state index contributed by atoms with van der Waals surface area (Å²) in [7, 11) is -3.44. The maximum atomic E-state index is 12.0. The number of carbonyl (C=O) groups is 1. The quantitative estimate of drug-likeness (QED) is 0.716. The van der Waals surface area contributed by atoms with Gasteiger partial charge in [-0.25, -0.2) is 8.42 Å². The number of para-hydroxylation sites is 1. The van der Waals surface area contributed by atoms with Crippen molar-refractivity contribution in [3.8, 4) is 5.75 Å². The van der Waals surface area contributed by atoms with Gasteiger partial charge in [0, 0.05) is 17.8 Å². The number of sulfone groups is 1. The van der Waals surface area contributed by atoms with Gasteiger partial charge >= 0.3 is 0 Å². The minimum absolute atomic E-state index is 0.0130. The molecule has 0 aliphatic carbocycles. The van der Waals surface area contributed by atoms with Crippen LogP contribution in [-0.4, -0.2) is 33.7 Å². The number of nitrogens with one attached hydrogen (secondary N) is 2. The van der Waals surface area contributed by atoms with Gasteiger partial charge in [0.05, 0.1) is 18.8 Å². The summed E-state index contributed by atoms with van der Waals surface area (Å²) in [5.41, 5.74) is 1.38. The first-order valence-electron chi connectivity index (χ1n) is 8.02. The SMILES string of the molecule is CCOc1c(NCC(=O)NCc2ccc(Cl)cc2)cccc1S(C)(=O)=O. The molecule has 2 N–H and O–H groups in total. The molecular weight excluding hydrogens is 376 g/mol. The first kappa shape index (κ1) is 20.1. The van der Waals surface area contributed by atoms with E-state index in [0.717, 1.165) is 11.8 Å². The molecule has 0 heterocycles. The zero-order valence-corrected chi connectivity index (χ0v) is 16.2. The molecule has 0 bridgehead atoms. The minimum Gasteiger partial charge on any atom is -0.490 e. The summed E-state index contributed by atoms with van der Waals surface area (Å²) in [5, 5.41) is 6.35. The molecule has 0 aliphatic heterocycles. The molecule has 0 saturated carbocycles. The van der Waals surface area contributed by atoms with Crippen LogP contribution in [0.2, 0.25) is 5.02 Å². The van der Waals surface area contributed by atoms with Crippen LogP contribution in [0.1, 0.15) is 12.5 Å². The number of rotatable bonds is 8. The summed E-state index contributed by atoms with van der Waals surface area (Å²) in [6.45, 7) is 2.44. The molecule has 0 unspecified atom stereocenters. The van der Waals surface area contributed by atoms with Crippen molar-refractivity contribution in [3.05, 3.63) is 53.1 Å². The Labute approximate surface area is 158 Å². The highest BCUT2D eigenvalue weighted by atomic mass is 35.5. The zero-order valence-electron chi connectivity index (χ0n) is 14.6. The Bertz CT molecular complexity index is 867. The molecule has 8 heteroatoms. The van der Waals surface area contributed by atoms with Crippen LogP contribution in [-0.2, 0) is 21.2 Å². The first-order chi connectivity index (χ1) is 12.3. The van der Waals surface area contributed by atoms with Crippen molar-refractivity contribution in [3.63, 3.8) is 0 Å². The van der Waals surface area contributed by atoms with E-state index in [1.807, 2.05) is 12.1 Å². The highest BCUT2D eigenvalue weighted by molar-refractivity contribution is 7.90. The van der Waals surface area contributed by atoms with Gasteiger partial charge in [-0.05, 0) is 36.8 Å². The molecule has 140 valence electrons. The van der Waals surface area contributed by atoms with E-state index in [-0.39, 0.29) is 23.1 Å². The van der Waals surface area contributed by atoms with Gasteiger partial charge in [0.25, 0.3) is 0 Å². The summed E-state index contributed by atoms with van der Waals surface area (Å²) in [4.78, 5) is 12.1. The molecular formula is C18H21ClN2O4S. The van der Waals surface area contributed by atoms with Crippen LogP contribution >= 0.6 is 11.6 Å². The summed E-state index contributed by atoms with van der Waals surface area (Å²) in [6.07, 6.45) is 1.12. The Morgan fingerprint density at radius 3 is 2.46 bits per heavy atom. The number of anilines is 1. The van der Waals surface area contributed by atoms with Crippen molar-refractivity contribution >= 4 is 33.0 Å². The summed E-state index contributed by atoms with van der Waals surface area (Å²) >= 11 is 5.83. The zero-order chi connectivity index (χ0) is 19.2. The van der Waals surface area contributed by atoms with Crippen LogP contribution < -0.4 is 15.4 Å². The fraction of sp³-hybridized carbons (Fsp3) is 0.278. The lowest BCUT2D eigenvalue weighted by molar-refractivity contribution is -0.119. The van der Waals surface area contributed by atoms with Crippen LogP contribution in [0.5, 0.6) is 5.75 Å². The molecule has 0 fully saturated rings. The highest BCUT2D eigenvalue weighted by Crippen LogP contribution is 2.32. The second-order valence-corrected chi connectivity index (χ2v) is 8.02. The third kappa shape index (κ3) is 5.64. The van der Waals surface area contributed by atoms with Crippen molar-refractivity contribution < 1.29 is 17.9 Å². The second kappa shape index (κ2) is 8.91. The Morgan fingerprint density at radius 2 is 1.85 bits per heavy atom. The van der Waals surface area contributed by atoms with Gasteiger partial charge in [0.1, 0.15) is 4.90 Å². The molecule has 0 spiro atoms. The van der Waals surface area contributed by atoms with Gasteiger partial charge in [0.2, 0.25) is 5.91 Å². The largest absolute Gasteiger partial charge is 0.490 e. The van der Waals surface area contributed by atoms with Crippen molar-refractivity contribution in [1.82, 2.24) is 5.32 Å². The second-order valence-electron chi connectivity index (χ2n) is 5.59. The Balaban J connectivity index is 2.02. The van der Waals surface area contributed by atoms with Gasteiger partial charge in [0.15, 0.2) is 15.6 Å². The molecule has 0 aromatic heterocycles. The van der Waals surface area contributed by atoms with Crippen molar-refractivity contribution in [2.24, 2.45) is 0 Å².